The quantitative estimate of drug-likeness (QED) is 0.839. The van der Waals surface area contributed by atoms with E-state index in [1.807, 2.05) is 0 Å². The van der Waals surface area contributed by atoms with Crippen molar-refractivity contribution in [3.8, 4) is 0 Å². The molecule has 116 valence electrons. The van der Waals surface area contributed by atoms with Gasteiger partial charge in [-0.3, -0.25) is 4.79 Å². The molecule has 7 heteroatoms. The number of halogens is 1. The van der Waals surface area contributed by atoms with Crippen LogP contribution < -0.4 is 5.32 Å². The average Bonchev–Trinajstić information content (AvgIpc) is 2.91. The summed E-state index contributed by atoms with van der Waals surface area (Å²) in [6.07, 6.45) is 2.08. The van der Waals surface area contributed by atoms with Gasteiger partial charge < -0.3 is 10.1 Å². The first-order chi connectivity index (χ1) is 9.91. The predicted molar refractivity (Wildman–Crippen MR) is 80.0 cm³/mol. The van der Waals surface area contributed by atoms with E-state index in [9.17, 15) is 13.2 Å². The molecule has 1 aromatic rings. The molecule has 2 unspecified atom stereocenters. The van der Waals surface area contributed by atoms with Crippen molar-refractivity contribution in [1.29, 1.82) is 0 Å². The standard InChI is InChI=1S/C14H18ClNO4S/c1-2-13-11(7-8-20-13)9-16-14(17)10-3-5-12(6-4-10)21(15,18)19/h3-6,11,13H,2,7-9H2,1H3,(H,16,17). The highest BCUT2D eigenvalue weighted by atomic mass is 35.7. The van der Waals surface area contributed by atoms with Gasteiger partial charge in [0.2, 0.25) is 0 Å². The second-order valence-corrected chi connectivity index (χ2v) is 7.60. The van der Waals surface area contributed by atoms with E-state index in [1.165, 1.54) is 24.3 Å². The summed E-state index contributed by atoms with van der Waals surface area (Å²) in [7, 11) is 1.47. The minimum absolute atomic E-state index is 0.0176. The Morgan fingerprint density at radius 3 is 2.62 bits per heavy atom. The van der Waals surface area contributed by atoms with Gasteiger partial charge in [-0.2, -0.15) is 0 Å². The first kappa shape index (κ1) is 16.3. The van der Waals surface area contributed by atoms with Crippen LogP contribution in [0.5, 0.6) is 0 Å². The van der Waals surface area contributed by atoms with Crippen molar-refractivity contribution in [2.75, 3.05) is 13.2 Å². The van der Waals surface area contributed by atoms with Gasteiger partial charge in [0.1, 0.15) is 0 Å². The third-order valence-electron chi connectivity index (χ3n) is 3.67. The Kier molecular flexibility index (Phi) is 5.24. The summed E-state index contributed by atoms with van der Waals surface area (Å²) in [5.41, 5.74) is 0.408. The number of hydrogen-bond acceptors (Lipinski definition) is 4. The molecule has 1 N–H and O–H groups in total. The van der Waals surface area contributed by atoms with Crippen LogP contribution in [-0.2, 0) is 13.8 Å². The zero-order valence-corrected chi connectivity index (χ0v) is 13.3. The molecule has 1 aromatic carbocycles. The van der Waals surface area contributed by atoms with Crippen LogP contribution in [0.25, 0.3) is 0 Å². The molecule has 0 saturated carbocycles. The average molecular weight is 332 g/mol. The van der Waals surface area contributed by atoms with E-state index in [2.05, 4.69) is 12.2 Å². The normalized spacial score (nSPS) is 22.2. The molecule has 1 aliphatic rings. The topological polar surface area (TPSA) is 72.5 Å². The fourth-order valence-corrected chi connectivity index (χ4v) is 3.24. The van der Waals surface area contributed by atoms with Crippen molar-refractivity contribution >= 4 is 25.6 Å². The molecule has 1 amide bonds. The zero-order chi connectivity index (χ0) is 15.5. The summed E-state index contributed by atoms with van der Waals surface area (Å²) < 4.78 is 27.8. The number of rotatable bonds is 5. The molecule has 0 aliphatic carbocycles. The highest BCUT2D eigenvalue weighted by Crippen LogP contribution is 2.22. The molecule has 0 radical (unpaired) electrons. The van der Waals surface area contributed by atoms with Gasteiger partial charge in [-0.15, -0.1) is 0 Å². The minimum atomic E-state index is -3.76. The van der Waals surface area contributed by atoms with Crippen molar-refractivity contribution in [3.05, 3.63) is 29.8 Å². The lowest BCUT2D eigenvalue weighted by Gasteiger charge is -2.17. The molecular formula is C14H18ClNO4S. The second-order valence-electron chi connectivity index (χ2n) is 5.04. The van der Waals surface area contributed by atoms with Gasteiger partial charge >= 0.3 is 0 Å². The van der Waals surface area contributed by atoms with Crippen LogP contribution in [0.2, 0.25) is 0 Å². The lowest BCUT2D eigenvalue weighted by Crippen LogP contribution is -2.32. The van der Waals surface area contributed by atoms with Crippen LogP contribution in [0.4, 0.5) is 0 Å². The summed E-state index contributed by atoms with van der Waals surface area (Å²) in [5.74, 6) is 0.108. The highest BCUT2D eigenvalue weighted by molar-refractivity contribution is 8.13. The Morgan fingerprint density at radius 1 is 1.38 bits per heavy atom. The van der Waals surface area contributed by atoms with Crippen molar-refractivity contribution in [3.63, 3.8) is 0 Å². The fourth-order valence-electron chi connectivity index (χ4n) is 2.47. The van der Waals surface area contributed by atoms with Crippen molar-refractivity contribution in [2.45, 2.75) is 30.8 Å². The zero-order valence-electron chi connectivity index (χ0n) is 11.7. The van der Waals surface area contributed by atoms with E-state index in [1.54, 1.807) is 0 Å². The SMILES string of the molecule is CCC1OCCC1CNC(=O)c1ccc(S(=O)(=O)Cl)cc1. The molecule has 21 heavy (non-hydrogen) atoms. The van der Waals surface area contributed by atoms with Crippen LogP contribution in [0.3, 0.4) is 0 Å². The number of hydrogen-bond donors (Lipinski definition) is 1. The van der Waals surface area contributed by atoms with Crippen LogP contribution >= 0.6 is 10.7 Å². The Balaban J connectivity index is 1.94. The van der Waals surface area contributed by atoms with E-state index in [0.717, 1.165) is 19.4 Å². The molecule has 0 spiro atoms. The summed E-state index contributed by atoms with van der Waals surface area (Å²) in [4.78, 5) is 12.0. The number of nitrogens with one attached hydrogen (secondary N) is 1. The minimum Gasteiger partial charge on any atom is -0.378 e. The van der Waals surface area contributed by atoms with E-state index in [0.29, 0.717) is 18.0 Å². The van der Waals surface area contributed by atoms with Gasteiger partial charge in [0.05, 0.1) is 11.0 Å². The maximum Gasteiger partial charge on any atom is 0.261 e. The lowest BCUT2D eigenvalue weighted by atomic mass is 9.99. The Hall–Kier alpha value is -1.11. The molecule has 0 bridgehead atoms. The lowest BCUT2D eigenvalue weighted by molar-refractivity contribution is 0.0827. The molecule has 0 aromatic heterocycles. The number of benzene rings is 1. The van der Waals surface area contributed by atoms with E-state index in [4.69, 9.17) is 15.4 Å². The number of carbonyl (C=O) groups excluding carboxylic acids is 1. The first-order valence-electron chi connectivity index (χ1n) is 6.86. The number of amides is 1. The summed E-state index contributed by atoms with van der Waals surface area (Å²) in [5, 5.41) is 2.86. The predicted octanol–water partition coefficient (Wildman–Crippen LogP) is 2.16. The molecule has 1 fully saturated rings. The molecule has 2 atom stereocenters. The fraction of sp³-hybridized carbons (Fsp3) is 0.500. The van der Waals surface area contributed by atoms with Gasteiger partial charge in [-0.1, -0.05) is 6.92 Å². The van der Waals surface area contributed by atoms with Crippen molar-refractivity contribution in [1.82, 2.24) is 5.32 Å². The highest BCUT2D eigenvalue weighted by Gasteiger charge is 2.26. The van der Waals surface area contributed by atoms with E-state index >= 15 is 0 Å². The van der Waals surface area contributed by atoms with Gasteiger partial charge in [-0.25, -0.2) is 8.42 Å². The van der Waals surface area contributed by atoms with Crippen LogP contribution in [0.15, 0.2) is 29.2 Å². The third-order valence-corrected chi connectivity index (χ3v) is 5.04. The van der Waals surface area contributed by atoms with E-state index < -0.39 is 9.05 Å². The molecule has 1 heterocycles. The van der Waals surface area contributed by atoms with Crippen LogP contribution in [-0.4, -0.2) is 33.6 Å². The Labute approximate surface area is 129 Å². The van der Waals surface area contributed by atoms with Gasteiger partial charge in [0, 0.05) is 35.3 Å². The monoisotopic (exact) mass is 331 g/mol. The molecular weight excluding hydrogens is 314 g/mol. The molecule has 5 nitrogen and oxygen atoms in total. The summed E-state index contributed by atoms with van der Waals surface area (Å²) in [6.45, 7) is 3.37. The molecule has 1 saturated heterocycles. The summed E-state index contributed by atoms with van der Waals surface area (Å²) >= 11 is 0. The number of ether oxygens (including phenoxy) is 1. The largest absolute Gasteiger partial charge is 0.378 e. The van der Waals surface area contributed by atoms with Crippen LogP contribution in [0, 0.1) is 5.92 Å². The van der Waals surface area contributed by atoms with Crippen molar-refractivity contribution < 1.29 is 17.9 Å². The summed E-state index contributed by atoms with van der Waals surface area (Å²) in [6, 6.07) is 5.55. The van der Waals surface area contributed by atoms with Gasteiger partial charge in [0.25, 0.3) is 15.0 Å². The van der Waals surface area contributed by atoms with Crippen molar-refractivity contribution in [2.24, 2.45) is 5.92 Å². The van der Waals surface area contributed by atoms with Crippen LogP contribution in [0.1, 0.15) is 30.1 Å². The Bertz CT molecular complexity index is 600. The van der Waals surface area contributed by atoms with Gasteiger partial charge in [-0.05, 0) is 37.1 Å². The number of carbonyl (C=O) groups is 1. The first-order valence-corrected chi connectivity index (χ1v) is 9.17. The Morgan fingerprint density at radius 2 is 2.05 bits per heavy atom. The maximum absolute atomic E-state index is 12.0. The third kappa shape index (κ3) is 4.18. The maximum atomic E-state index is 12.0. The molecule has 2 rings (SSSR count). The second kappa shape index (κ2) is 6.77. The molecule has 1 aliphatic heterocycles. The smallest absolute Gasteiger partial charge is 0.261 e. The van der Waals surface area contributed by atoms with E-state index in [-0.39, 0.29) is 16.9 Å². The van der Waals surface area contributed by atoms with Gasteiger partial charge in [0.15, 0.2) is 0 Å².